The Morgan fingerprint density at radius 3 is 2.55 bits per heavy atom. The van der Waals surface area contributed by atoms with E-state index in [1.807, 2.05) is 42.4 Å². The van der Waals surface area contributed by atoms with Crippen LogP contribution in [-0.4, -0.2) is 69.1 Å². The fourth-order valence-electron chi connectivity index (χ4n) is 4.27. The monoisotopic (exact) mass is 430 g/mol. The number of rotatable bonds is 4. The number of halogens is 2. The Bertz CT molecular complexity index is 1090. The molecule has 0 unspecified atom stereocenters. The number of alkyl halides is 2. The molecule has 0 radical (unpaired) electrons. The van der Waals surface area contributed by atoms with Crippen LogP contribution in [0.2, 0.25) is 0 Å². The van der Waals surface area contributed by atoms with Crippen LogP contribution in [0.4, 0.5) is 19.3 Å². The van der Waals surface area contributed by atoms with Gasteiger partial charge in [0.1, 0.15) is 0 Å². The van der Waals surface area contributed by atoms with Crippen molar-refractivity contribution < 1.29 is 18.3 Å². The number of nitrogens with zero attached hydrogens (tertiary/aromatic N) is 6. The summed E-state index contributed by atoms with van der Waals surface area (Å²) in [7, 11) is 1.88. The molecule has 164 valence electrons. The number of carbonyl (C=O) groups is 1. The molecule has 10 heteroatoms. The molecule has 0 bridgehead atoms. The maximum Gasteiger partial charge on any atom is 0.409 e. The second-order valence-corrected chi connectivity index (χ2v) is 8.36. The number of fused-ring (bicyclic) bond motifs is 1. The Morgan fingerprint density at radius 2 is 1.87 bits per heavy atom. The Kier molecular flexibility index (Phi) is 4.79. The molecule has 1 saturated carbocycles. The molecule has 2 fully saturated rings. The molecule has 31 heavy (non-hydrogen) atoms. The van der Waals surface area contributed by atoms with Gasteiger partial charge in [-0.25, -0.2) is 18.1 Å². The van der Waals surface area contributed by atoms with Gasteiger partial charge in [0, 0.05) is 75.5 Å². The number of amides is 1. The lowest BCUT2D eigenvalue weighted by Gasteiger charge is -2.37. The molecule has 2 aliphatic rings. The molecule has 1 saturated heterocycles. The van der Waals surface area contributed by atoms with Crippen molar-refractivity contribution in [1.82, 2.24) is 24.3 Å². The van der Waals surface area contributed by atoms with E-state index in [9.17, 15) is 13.6 Å². The average molecular weight is 430 g/mol. The third-order valence-electron chi connectivity index (χ3n) is 6.03. The molecule has 0 atom stereocenters. The summed E-state index contributed by atoms with van der Waals surface area (Å²) < 4.78 is 34.7. The van der Waals surface area contributed by atoms with E-state index in [0.29, 0.717) is 26.2 Å². The third-order valence-corrected chi connectivity index (χ3v) is 6.03. The van der Waals surface area contributed by atoms with Gasteiger partial charge in [-0.05, 0) is 6.07 Å². The molecule has 0 spiro atoms. The molecule has 4 heterocycles. The van der Waals surface area contributed by atoms with Crippen molar-refractivity contribution in [1.29, 1.82) is 0 Å². The highest BCUT2D eigenvalue weighted by Gasteiger charge is 2.45. The predicted molar refractivity (Wildman–Crippen MR) is 110 cm³/mol. The first-order valence-corrected chi connectivity index (χ1v) is 10.4. The number of carbonyl (C=O) groups excluding carboxylic acids is 1. The highest BCUT2D eigenvalue weighted by molar-refractivity contribution is 5.76. The summed E-state index contributed by atoms with van der Waals surface area (Å²) in [5.41, 5.74) is 4.07. The highest BCUT2D eigenvalue weighted by atomic mass is 19.3. The number of piperazine rings is 1. The molecule has 5 rings (SSSR count). The van der Waals surface area contributed by atoms with Crippen LogP contribution in [0.25, 0.3) is 16.6 Å². The minimum absolute atomic E-state index is 0.0714. The van der Waals surface area contributed by atoms with Crippen LogP contribution in [0.5, 0.6) is 0 Å². The first-order chi connectivity index (χ1) is 14.9. The zero-order valence-corrected chi connectivity index (χ0v) is 17.2. The average Bonchev–Trinajstić information content (AvgIpc) is 3.36. The van der Waals surface area contributed by atoms with Gasteiger partial charge >= 0.3 is 6.09 Å². The fraction of sp³-hybridized carbons (Fsp3) is 0.476. The van der Waals surface area contributed by atoms with Crippen LogP contribution in [0.1, 0.15) is 12.8 Å². The number of hydrogen-bond acceptors (Lipinski definition) is 5. The maximum atomic E-state index is 12.9. The van der Waals surface area contributed by atoms with Crippen LogP contribution < -0.4 is 4.90 Å². The van der Waals surface area contributed by atoms with Gasteiger partial charge in [0.05, 0.1) is 30.2 Å². The van der Waals surface area contributed by atoms with Crippen molar-refractivity contribution in [2.45, 2.75) is 18.8 Å². The van der Waals surface area contributed by atoms with Gasteiger partial charge in [0.25, 0.3) is 0 Å². The van der Waals surface area contributed by atoms with Crippen LogP contribution in [-0.2, 0) is 11.8 Å². The lowest BCUT2D eigenvalue weighted by molar-refractivity contribution is -0.123. The molecule has 1 aliphatic heterocycles. The number of anilines is 1. The van der Waals surface area contributed by atoms with Crippen molar-refractivity contribution in [3.8, 4) is 11.1 Å². The summed E-state index contributed by atoms with van der Waals surface area (Å²) in [6, 6.07) is 4.09. The summed E-state index contributed by atoms with van der Waals surface area (Å²) in [6.45, 7) is 2.42. The Balaban J connectivity index is 1.19. The summed E-state index contributed by atoms with van der Waals surface area (Å²) in [5.74, 6) is -2.81. The molecule has 3 aromatic rings. The quantitative estimate of drug-likeness (QED) is 0.637. The smallest absolute Gasteiger partial charge is 0.409 e. The normalized spacial score (nSPS) is 18.9. The minimum atomic E-state index is -2.59. The van der Waals surface area contributed by atoms with Crippen molar-refractivity contribution >= 4 is 17.3 Å². The lowest BCUT2D eigenvalue weighted by Crippen LogP contribution is -2.49. The Morgan fingerprint density at radius 1 is 1.10 bits per heavy atom. The first-order valence-electron chi connectivity index (χ1n) is 10.4. The van der Waals surface area contributed by atoms with E-state index in [-0.39, 0.29) is 25.4 Å². The number of ether oxygens (including phenoxy) is 1. The molecular weight excluding hydrogens is 406 g/mol. The van der Waals surface area contributed by atoms with Crippen molar-refractivity contribution in [3.63, 3.8) is 0 Å². The SMILES string of the molecule is Cn1cc(-c2ccc3c(N4CCN(C(=O)OCC5CC(F)(F)C5)CC4)cnn3c2)cn1. The molecular formula is C21H24F2N6O2. The van der Waals surface area contributed by atoms with E-state index < -0.39 is 12.0 Å². The maximum absolute atomic E-state index is 12.9. The molecule has 8 nitrogen and oxygen atoms in total. The number of aromatic nitrogens is 4. The van der Waals surface area contributed by atoms with Crippen molar-refractivity contribution in [2.24, 2.45) is 13.0 Å². The van der Waals surface area contributed by atoms with Crippen LogP contribution in [0.15, 0.2) is 36.9 Å². The fourth-order valence-corrected chi connectivity index (χ4v) is 4.27. The van der Waals surface area contributed by atoms with Crippen molar-refractivity contribution in [3.05, 3.63) is 36.9 Å². The van der Waals surface area contributed by atoms with E-state index in [4.69, 9.17) is 4.74 Å². The van der Waals surface area contributed by atoms with Crippen LogP contribution >= 0.6 is 0 Å². The van der Waals surface area contributed by atoms with Gasteiger partial charge in [0.2, 0.25) is 5.92 Å². The van der Waals surface area contributed by atoms with Gasteiger partial charge < -0.3 is 14.5 Å². The van der Waals surface area contributed by atoms with Gasteiger partial charge in [-0.3, -0.25) is 4.68 Å². The minimum Gasteiger partial charge on any atom is -0.449 e. The molecule has 3 aromatic heterocycles. The van der Waals surface area contributed by atoms with E-state index in [1.54, 1.807) is 9.58 Å². The highest BCUT2D eigenvalue weighted by Crippen LogP contribution is 2.42. The van der Waals surface area contributed by atoms with Gasteiger partial charge in [-0.1, -0.05) is 6.07 Å². The van der Waals surface area contributed by atoms with Gasteiger partial charge in [0.15, 0.2) is 0 Å². The molecule has 0 aromatic carbocycles. The lowest BCUT2D eigenvalue weighted by atomic mass is 9.82. The predicted octanol–water partition coefficient (Wildman–Crippen LogP) is 3.04. The number of hydrogen-bond donors (Lipinski definition) is 0. The third kappa shape index (κ3) is 3.94. The zero-order valence-electron chi connectivity index (χ0n) is 17.2. The molecule has 0 N–H and O–H groups in total. The number of aryl methyl sites for hydroxylation is 1. The number of pyridine rings is 1. The second kappa shape index (κ2) is 7.51. The van der Waals surface area contributed by atoms with Gasteiger partial charge in [-0.15, -0.1) is 0 Å². The van der Waals surface area contributed by atoms with E-state index >= 15 is 0 Å². The Labute approximate surface area is 178 Å². The van der Waals surface area contributed by atoms with E-state index in [2.05, 4.69) is 21.2 Å². The van der Waals surface area contributed by atoms with E-state index in [1.165, 1.54) is 0 Å². The van der Waals surface area contributed by atoms with E-state index in [0.717, 1.165) is 22.3 Å². The molecule has 1 aliphatic carbocycles. The standard InChI is InChI=1S/C21H24F2N6O2/c1-26-12-17(10-24-26)16-2-3-18-19(11-25-29(18)13-16)27-4-6-28(7-5-27)20(30)31-14-15-8-21(22,23)9-15/h2-3,10-13,15H,4-9,14H2,1H3. The summed E-state index contributed by atoms with van der Waals surface area (Å²) >= 11 is 0. The summed E-state index contributed by atoms with van der Waals surface area (Å²) in [5, 5.41) is 8.71. The Hall–Kier alpha value is -3.17. The van der Waals surface area contributed by atoms with Crippen LogP contribution in [0.3, 0.4) is 0 Å². The largest absolute Gasteiger partial charge is 0.449 e. The zero-order chi connectivity index (χ0) is 21.6. The topological polar surface area (TPSA) is 67.9 Å². The van der Waals surface area contributed by atoms with Crippen LogP contribution in [0, 0.1) is 5.92 Å². The van der Waals surface area contributed by atoms with Crippen molar-refractivity contribution in [2.75, 3.05) is 37.7 Å². The van der Waals surface area contributed by atoms with Gasteiger partial charge in [-0.2, -0.15) is 10.2 Å². The molecule has 1 amide bonds. The summed E-state index contributed by atoms with van der Waals surface area (Å²) in [4.78, 5) is 16.1. The summed E-state index contributed by atoms with van der Waals surface area (Å²) in [6.07, 6.45) is 6.80. The second-order valence-electron chi connectivity index (χ2n) is 8.36. The first kappa shape index (κ1) is 19.8.